The van der Waals surface area contributed by atoms with Gasteiger partial charge in [-0.1, -0.05) is 50.5 Å². The van der Waals surface area contributed by atoms with Crippen LogP contribution in [0.3, 0.4) is 0 Å². The number of aryl methyl sites for hydroxylation is 1. The molecule has 0 bridgehead atoms. The molecule has 36 heavy (non-hydrogen) atoms. The Morgan fingerprint density at radius 3 is 2.64 bits per heavy atom. The number of nitrogens with one attached hydrogen (secondary N) is 1. The summed E-state index contributed by atoms with van der Waals surface area (Å²) >= 11 is 0. The molecule has 0 spiro atoms. The van der Waals surface area contributed by atoms with Crippen LogP contribution < -0.4 is 5.69 Å². The number of H-pyrrole nitrogens is 1. The standard InChI is InChI=1S/C24H27N11O/c1-4-6-21-15-34(23-28-31-32-35(23)13-16(2)3)24(36)33(21)14-20-12-18(9-10-25-20)17-7-5-8-19(11-17)22-26-29-30-27-22/h5,7-12,15-16H,4,6,13-14H2,1-3H3,(H,26,27,29,30). The number of hydrogen-bond donors (Lipinski definition) is 1. The van der Waals surface area contributed by atoms with Crippen LogP contribution in [0.4, 0.5) is 0 Å². The van der Waals surface area contributed by atoms with Crippen LogP contribution in [0.5, 0.6) is 0 Å². The van der Waals surface area contributed by atoms with Crippen molar-refractivity contribution in [2.24, 2.45) is 5.92 Å². The summed E-state index contributed by atoms with van der Waals surface area (Å²) in [5.41, 5.74) is 4.37. The Morgan fingerprint density at radius 1 is 1.03 bits per heavy atom. The monoisotopic (exact) mass is 485 g/mol. The Kier molecular flexibility index (Phi) is 6.48. The van der Waals surface area contributed by atoms with E-state index in [-0.39, 0.29) is 5.69 Å². The van der Waals surface area contributed by atoms with Crippen molar-refractivity contribution in [1.29, 1.82) is 0 Å². The van der Waals surface area contributed by atoms with Gasteiger partial charge in [0.2, 0.25) is 0 Å². The zero-order chi connectivity index (χ0) is 25.1. The first-order valence-corrected chi connectivity index (χ1v) is 11.9. The lowest BCUT2D eigenvalue weighted by molar-refractivity contribution is 0.465. The van der Waals surface area contributed by atoms with Crippen LogP contribution in [-0.4, -0.2) is 54.9 Å². The van der Waals surface area contributed by atoms with Crippen molar-refractivity contribution in [1.82, 2.24) is 54.9 Å². The molecule has 1 aromatic carbocycles. The van der Waals surface area contributed by atoms with Crippen LogP contribution in [0.1, 0.15) is 38.6 Å². The number of benzene rings is 1. The predicted molar refractivity (Wildman–Crippen MR) is 132 cm³/mol. The second kappa shape index (κ2) is 10.0. The number of tetrazole rings is 2. The highest BCUT2D eigenvalue weighted by atomic mass is 16.2. The van der Waals surface area contributed by atoms with Crippen LogP contribution in [0.2, 0.25) is 0 Å². The van der Waals surface area contributed by atoms with Crippen LogP contribution in [0, 0.1) is 5.92 Å². The van der Waals surface area contributed by atoms with Crippen molar-refractivity contribution in [3.05, 3.63) is 70.7 Å². The average Bonchev–Trinajstić information content (AvgIpc) is 3.63. The van der Waals surface area contributed by atoms with Gasteiger partial charge in [-0.2, -0.15) is 0 Å². The fraction of sp³-hybridized carbons (Fsp3) is 0.333. The van der Waals surface area contributed by atoms with Crippen molar-refractivity contribution >= 4 is 0 Å². The Bertz CT molecular complexity index is 1510. The fourth-order valence-corrected chi connectivity index (χ4v) is 4.17. The highest BCUT2D eigenvalue weighted by Crippen LogP contribution is 2.24. The molecular formula is C24H27N11O. The van der Waals surface area contributed by atoms with Gasteiger partial charge in [-0.25, -0.2) is 19.1 Å². The van der Waals surface area contributed by atoms with Gasteiger partial charge >= 0.3 is 5.69 Å². The number of imidazole rings is 1. The largest absolute Gasteiger partial charge is 0.335 e. The van der Waals surface area contributed by atoms with E-state index in [1.54, 1.807) is 15.4 Å². The minimum atomic E-state index is -0.190. The Morgan fingerprint density at radius 2 is 1.86 bits per heavy atom. The smallest absolute Gasteiger partial charge is 0.290 e. The van der Waals surface area contributed by atoms with Gasteiger partial charge in [0.15, 0.2) is 5.82 Å². The van der Waals surface area contributed by atoms with Crippen LogP contribution >= 0.6 is 0 Å². The third-order valence-electron chi connectivity index (χ3n) is 5.79. The molecule has 0 saturated heterocycles. The van der Waals surface area contributed by atoms with Crippen molar-refractivity contribution in [3.8, 4) is 28.5 Å². The summed E-state index contributed by atoms with van der Waals surface area (Å²) in [6.07, 6.45) is 5.25. The molecule has 0 atom stereocenters. The zero-order valence-corrected chi connectivity index (χ0v) is 20.4. The molecule has 5 aromatic rings. The summed E-state index contributed by atoms with van der Waals surface area (Å²) in [7, 11) is 0. The summed E-state index contributed by atoms with van der Waals surface area (Å²) < 4.78 is 4.95. The predicted octanol–water partition coefficient (Wildman–Crippen LogP) is 2.52. The van der Waals surface area contributed by atoms with Crippen LogP contribution in [0.15, 0.2) is 53.6 Å². The van der Waals surface area contributed by atoms with E-state index in [2.05, 4.69) is 61.9 Å². The number of nitrogens with zero attached hydrogens (tertiary/aromatic N) is 10. The normalized spacial score (nSPS) is 11.4. The lowest BCUT2D eigenvalue weighted by Crippen LogP contribution is -2.27. The number of pyridine rings is 1. The molecule has 4 heterocycles. The lowest BCUT2D eigenvalue weighted by atomic mass is 10.0. The summed E-state index contributed by atoms with van der Waals surface area (Å²) in [5, 5.41) is 26.1. The summed E-state index contributed by atoms with van der Waals surface area (Å²) in [5.74, 6) is 1.36. The second-order valence-electron chi connectivity index (χ2n) is 9.03. The molecule has 0 aliphatic carbocycles. The molecule has 0 unspecified atom stereocenters. The first-order chi connectivity index (χ1) is 17.5. The molecule has 0 radical (unpaired) electrons. The van der Waals surface area contributed by atoms with Crippen LogP contribution in [0.25, 0.3) is 28.5 Å². The fourth-order valence-electron chi connectivity index (χ4n) is 4.17. The van der Waals surface area contributed by atoms with Gasteiger partial charge in [0.05, 0.1) is 12.2 Å². The second-order valence-corrected chi connectivity index (χ2v) is 9.03. The van der Waals surface area contributed by atoms with Gasteiger partial charge in [0.25, 0.3) is 5.95 Å². The summed E-state index contributed by atoms with van der Waals surface area (Å²) in [6.45, 7) is 7.21. The van der Waals surface area contributed by atoms with E-state index >= 15 is 0 Å². The van der Waals surface area contributed by atoms with E-state index in [0.717, 1.165) is 40.9 Å². The Hall–Kier alpha value is -4.48. The third kappa shape index (κ3) is 4.69. The molecule has 4 aromatic heterocycles. The van der Waals surface area contributed by atoms with Gasteiger partial charge in [0, 0.05) is 30.2 Å². The highest BCUT2D eigenvalue weighted by molar-refractivity contribution is 5.70. The van der Waals surface area contributed by atoms with Gasteiger partial charge < -0.3 is 0 Å². The van der Waals surface area contributed by atoms with Crippen molar-refractivity contribution in [3.63, 3.8) is 0 Å². The molecule has 1 N–H and O–H groups in total. The zero-order valence-electron chi connectivity index (χ0n) is 20.4. The van der Waals surface area contributed by atoms with Gasteiger partial charge in [-0.15, -0.1) is 5.10 Å². The van der Waals surface area contributed by atoms with E-state index in [1.165, 1.54) is 4.57 Å². The van der Waals surface area contributed by atoms with Crippen molar-refractivity contribution < 1.29 is 0 Å². The first-order valence-electron chi connectivity index (χ1n) is 11.9. The molecule has 0 aliphatic rings. The van der Waals surface area contributed by atoms with Gasteiger partial charge in [-0.3, -0.25) is 9.55 Å². The Balaban J connectivity index is 1.48. The molecule has 12 nitrogen and oxygen atoms in total. The third-order valence-corrected chi connectivity index (χ3v) is 5.79. The van der Waals surface area contributed by atoms with E-state index in [1.807, 2.05) is 42.6 Å². The van der Waals surface area contributed by atoms with Crippen molar-refractivity contribution in [2.75, 3.05) is 0 Å². The summed E-state index contributed by atoms with van der Waals surface area (Å²) in [6, 6.07) is 11.9. The van der Waals surface area contributed by atoms with E-state index in [4.69, 9.17) is 0 Å². The van der Waals surface area contributed by atoms with Gasteiger partial charge in [-0.05, 0) is 62.5 Å². The lowest BCUT2D eigenvalue weighted by Gasteiger charge is -2.09. The number of aromatic nitrogens is 11. The molecule has 12 heteroatoms. The van der Waals surface area contributed by atoms with Crippen LogP contribution in [-0.2, 0) is 19.5 Å². The molecule has 5 rings (SSSR count). The van der Waals surface area contributed by atoms with E-state index in [9.17, 15) is 4.79 Å². The SMILES string of the molecule is CCCc1cn(-c2nnnn2CC(C)C)c(=O)n1Cc1cc(-c2cccc(-c3nnn[nH]3)c2)ccn1. The molecule has 0 amide bonds. The molecular weight excluding hydrogens is 458 g/mol. The highest BCUT2D eigenvalue weighted by Gasteiger charge is 2.18. The number of hydrogen-bond acceptors (Lipinski definition) is 8. The molecule has 0 saturated carbocycles. The molecule has 0 fully saturated rings. The quantitative estimate of drug-likeness (QED) is 0.336. The number of aromatic amines is 1. The van der Waals surface area contributed by atoms with Crippen molar-refractivity contribution in [2.45, 2.75) is 46.7 Å². The number of rotatable bonds is 9. The maximum Gasteiger partial charge on any atom is 0.335 e. The first kappa shape index (κ1) is 23.3. The maximum atomic E-state index is 13.5. The van der Waals surface area contributed by atoms with E-state index < -0.39 is 0 Å². The summed E-state index contributed by atoms with van der Waals surface area (Å²) in [4.78, 5) is 18.1. The Labute approximate surface area is 207 Å². The average molecular weight is 486 g/mol. The minimum Gasteiger partial charge on any atom is -0.290 e. The maximum absolute atomic E-state index is 13.5. The molecule has 0 aliphatic heterocycles. The molecule has 184 valence electrons. The van der Waals surface area contributed by atoms with E-state index in [0.29, 0.717) is 30.8 Å². The topological polar surface area (TPSA) is 138 Å². The van der Waals surface area contributed by atoms with Gasteiger partial charge in [0.1, 0.15) is 0 Å². The minimum absolute atomic E-state index is 0.190.